The number of hydrogen-bond donors (Lipinski definition) is 0. The van der Waals surface area contributed by atoms with Gasteiger partial charge in [0.15, 0.2) is 5.43 Å². The van der Waals surface area contributed by atoms with Gasteiger partial charge in [0.2, 0.25) is 0 Å². The van der Waals surface area contributed by atoms with Crippen molar-refractivity contribution in [3.8, 4) is 0 Å². The first-order valence-corrected chi connectivity index (χ1v) is 16.0. The average molecular weight is 581 g/mol. The standard InChI is InChI=1S/C35H41FN6O/c1-25-17-26(11-13-38-25)21-41(30-8-6-16-40(24-30)29-7-5-12-37-20-29)22-27-23-42(28-9-10-28)33-19-34(39-14-3-2-4-15-39)32(36)18-31(33)35(27)43/h5,7,11-13,17-20,23,28,30H,2-4,6,8-10,14-16,21-22,24H2,1H3. The van der Waals surface area contributed by atoms with Crippen LogP contribution in [0.3, 0.4) is 0 Å². The van der Waals surface area contributed by atoms with Crippen molar-refractivity contribution < 1.29 is 4.39 Å². The summed E-state index contributed by atoms with van der Waals surface area (Å²) < 4.78 is 17.9. The molecular formula is C35H41FN6O. The zero-order chi connectivity index (χ0) is 29.3. The fourth-order valence-electron chi connectivity index (χ4n) is 7.06. The number of halogens is 1. The number of anilines is 2. The third-order valence-corrected chi connectivity index (χ3v) is 9.46. The normalized spacial score (nSPS) is 19.4. The van der Waals surface area contributed by atoms with E-state index in [-0.39, 0.29) is 17.3 Å². The number of benzene rings is 1. The van der Waals surface area contributed by atoms with E-state index in [0.29, 0.717) is 23.7 Å². The van der Waals surface area contributed by atoms with Crippen molar-refractivity contribution in [1.82, 2.24) is 19.4 Å². The Hall–Kier alpha value is -3.78. The van der Waals surface area contributed by atoms with Crippen molar-refractivity contribution in [1.29, 1.82) is 0 Å². The van der Waals surface area contributed by atoms with Crippen molar-refractivity contribution in [3.05, 3.63) is 94.0 Å². The van der Waals surface area contributed by atoms with Crippen LogP contribution in [0.2, 0.25) is 0 Å². The lowest BCUT2D eigenvalue weighted by Gasteiger charge is -2.40. The Kier molecular flexibility index (Phi) is 7.87. The molecule has 0 amide bonds. The minimum Gasteiger partial charge on any atom is -0.369 e. The summed E-state index contributed by atoms with van der Waals surface area (Å²) in [5.41, 5.74) is 5.51. The molecule has 7 rings (SSSR count). The maximum Gasteiger partial charge on any atom is 0.193 e. The lowest BCUT2D eigenvalue weighted by atomic mass is 10.0. The smallest absolute Gasteiger partial charge is 0.193 e. The Balaban J connectivity index is 1.25. The zero-order valence-electron chi connectivity index (χ0n) is 25.1. The van der Waals surface area contributed by atoms with Crippen molar-refractivity contribution in [2.75, 3.05) is 36.0 Å². The number of rotatable bonds is 8. The molecule has 7 nitrogen and oxygen atoms in total. The van der Waals surface area contributed by atoms with E-state index in [2.05, 4.69) is 53.6 Å². The first-order valence-electron chi connectivity index (χ1n) is 16.0. The molecule has 1 atom stereocenters. The van der Waals surface area contributed by atoms with E-state index in [1.54, 1.807) is 0 Å². The molecule has 4 aromatic rings. The van der Waals surface area contributed by atoms with Gasteiger partial charge in [-0.15, -0.1) is 0 Å². The predicted molar refractivity (Wildman–Crippen MR) is 170 cm³/mol. The second-order valence-corrected chi connectivity index (χ2v) is 12.7. The molecule has 0 N–H and O–H groups in total. The molecule has 1 aromatic carbocycles. The number of fused-ring (bicyclic) bond motifs is 1. The summed E-state index contributed by atoms with van der Waals surface area (Å²) in [5, 5.41) is 0.503. The van der Waals surface area contributed by atoms with Gasteiger partial charge in [0.25, 0.3) is 0 Å². The quantitative estimate of drug-likeness (QED) is 0.246. The molecule has 5 heterocycles. The van der Waals surface area contributed by atoms with Crippen LogP contribution in [0.15, 0.2) is 66.0 Å². The fourth-order valence-corrected chi connectivity index (χ4v) is 7.06. The number of pyridine rings is 3. The third kappa shape index (κ3) is 6.03. The van der Waals surface area contributed by atoms with Crippen LogP contribution < -0.4 is 15.2 Å². The molecule has 2 aliphatic heterocycles. The Bertz CT molecular complexity index is 1650. The van der Waals surface area contributed by atoms with E-state index >= 15 is 4.39 Å². The minimum atomic E-state index is -0.283. The van der Waals surface area contributed by atoms with Crippen LogP contribution in [-0.2, 0) is 13.1 Å². The SMILES string of the molecule is Cc1cc(CN(Cc2cn(C3CC3)c3cc(N4CCCCC4)c(F)cc3c2=O)C2CCCN(c3cccnc3)C2)ccn1. The van der Waals surface area contributed by atoms with E-state index in [9.17, 15) is 4.79 Å². The maximum atomic E-state index is 15.6. The van der Waals surface area contributed by atoms with E-state index in [1.807, 2.05) is 37.6 Å². The molecule has 3 fully saturated rings. The summed E-state index contributed by atoms with van der Waals surface area (Å²) >= 11 is 0. The van der Waals surface area contributed by atoms with Crippen LogP contribution in [0, 0.1) is 12.7 Å². The summed E-state index contributed by atoms with van der Waals surface area (Å²) in [6.07, 6.45) is 15.4. The second kappa shape index (κ2) is 12.1. The van der Waals surface area contributed by atoms with Crippen LogP contribution in [-0.4, -0.2) is 51.7 Å². The van der Waals surface area contributed by atoms with Gasteiger partial charge >= 0.3 is 0 Å². The second-order valence-electron chi connectivity index (χ2n) is 12.7. The van der Waals surface area contributed by atoms with Gasteiger partial charge in [-0.3, -0.25) is 19.7 Å². The van der Waals surface area contributed by atoms with Gasteiger partial charge < -0.3 is 14.4 Å². The summed E-state index contributed by atoms with van der Waals surface area (Å²) in [6, 6.07) is 12.4. The number of aromatic nitrogens is 3. The molecule has 2 saturated heterocycles. The molecule has 43 heavy (non-hydrogen) atoms. The Morgan fingerprint density at radius 1 is 0.953 bits per heavy atom. The molecule has 3 aromatic heterocycles. The van der Waals surface area contributed by atoms with Gasteiger partial charge in [0, 0.05) is 86.6 Å². The Morgan fingerprint density at radius 3 is 2.56 bits per heavy atom. The van der Waals surface area contributed by atoms with Crippen molar-refractivity contribution in [2.24, 2.45) is 0 Å². The maximum absolute atomic E-state index is 15.6. The summed E-state index contributed by atoms with van der Waals surface area (Å²) in [6.45, 7) is 6.86. The first-order chi connectivity index (χ1) is 21.0. The molecule has 1 saturated carbocycles. The molecule has 0 radical (unpaired) electrons. The van der Waals surface area contributed by atoms with Crippen LogP contribution >= 0.6 is 0 Å². The summed E-state index contributed by atoms with van der Waals surface area (Å²) in [5.74, 6) is -0.283. The average Bonchev–Trinajstić information content (AvgIpc) is 3.89. The highest BCUT2D eigenvalue weighted by Crippen LogP contribution is 2.38. The monoisotopic (exact) mass is 580 g/mol. The fraction of sp³-hybridized carbons (Fsp3) is 0.457. The molecular weight excluding hydrogens is 539 g/mol. The first kappa shape index (κ1) is 28.0. The minimum absolute atomic E-state index is 0.0492. The molecule has 0 bridgehead atoms. The number of aryl methyl sites for hydroxylation is 1. The van der Waals surface area contributed by atoms with Crippen molar-refractivity contribution in [2.45, 2.75) is 77.0 Å². The van der Waals surface area contributed by atoms with Gasteiger partial charge in [0.05, 0.1) is 23.1 Å². The van der Waals surface area contributed by atoms with E-state index in [0.717, 1.165) is 93.7 Å². The van der Waals surface area contributed by atoms with Gasteiger partial charge in [-0.1, -0.05) is 0 Å². The topological polar surface area (TPSA) is 57.5 Å². The number of hydrogen-bond acceptors (Lipinski definition) is 6. The van der Waals surface area contributed by atoms with Gasteiger partial charge in [-0.25, -0.2) is 4.39 Å². The molecule has 224 valence electrons. The lowest BCUT2D eigenvalue weighted by molar-refractivity contribution is 0.158. The zero-order valence-corrected chi connectivity index (χ0v) is 25.1. The van der Waals surface area contributed by atoms with Crippen LogP contribution in [0.1, 0.15) is 67.8 Å². The highest BCUT2D eigenvalue weighted by Gasteiger charge is 2.30. The van der Waals surface area contributed by atoms with Crippen LogP contribution in [0.4, 0.5) is 15.8 Å². The third-order valence-electron chi connectivity index (χ3n) is 9.46. The van der Waals surface area contributed by atoms with E-state index in [1.165, 1.54) is 18.1 Å². The molecule has 1 unspecified atom stereocenters. The Morgan fingerprint density at radius 2 is 1.79 bits per heavy atom. The number of piperidine rings is 2. The van der Waals surface area contributed by atoms with E-state index in [4.69, 9.17) is 0 Å². The highest BCUT2D eigenvalue weighted by molar-refractivity contribution is 5.84. The largest absolute Gasteiger partial charge is 0.369 e. The molecule has 3 aliphatic rings. The lowest BCUT2D eigenvalue weighted by Crippen LogP contribution is -2.48. The summed E-state index contributed by atoms with van der Waals surface area (Å²) in [7, 11) is 0. The van der Waals surface area contributed by atoms with Gasteiger partial charge in [0.1, 0.15) is 5.82 Å². The Labute approximate surface area is 253 Å². The predicted octanol–water partition coefficient (Wildman–Crippen LogP) is 6.24. The molecule has 0 spiro atoms. The van der Waals surface area contributed by atoms with Crippen LogP contribution in [0.25, 0.3) is 10.9 Å². The van der Waals surface area contributed by atoms with Crippen molar-refractivity contribution >= 4 is 22.3 Å². The number of nitrogens with zero attached hydrogens (tertiary/aromatic N) is 6. The van der Waals surface area contributed by atoms with E-state index < -0.39 is 0 Å². The molecule has 1 aliphatic carbocycles. The van der Waals surface area contributed by atoms with Gasteiger partial charge in [-0.05, 0) is 93.8 Å². The van der Waals surface area contributed by atoms with Gasteiger partial charge in [-0.2, -0.15) is 0 Å². The summed E-state index contributed by atoms with van der Waals surface area (Å²) in [4.78, 5) is 29.9. The van der Waals surface area contributed by atoms with Crippen LogP contribution in [0.5, 0.6) is 0 Å². The van der Waals surface area contributed by atoms with Crippen molar-refractivity contribution in [3.63, 3.8) is 0 Å². The highest BCUT2D eigenvalue weighted by atomic mass is 19.1. The molecule has 8 heteroatoms.